The number of hydrogen-bond acceptors (Lipinski definition) is 4. The molecule has 1 saturated heterocycles. The zero-order valence-electron chi connectivity index (χ0n) is 14.7. The van der Waals surface area contributed by atoms with Gasteiger partial charge in [-0.2, -0.15) is 0 Å². The third kappa shape index (κ3) is 4.60. The molecule has 0 bridgehead atoms. The number of halogens is 1. The molecule has 2 aromatic rings. The Labute approximate surface area is 158 Å². The lowest BCUT2D eigenvalue weighted by Gasteiger charge is -2.33. The lowest BCUT2D eigenvalue weighted by Crippen LogP contribution is -2.42. The zero-order valence-corrected chi connectivity index (χ0v) is 16.3. The fraction of sp³-hybridized carbons (Fsp3) is 0.474. The third-order valence-electron chi connectivity index (χ3n) is 4.72. The smallest absolute Gasteiger partial charge is 0.263 e. The van der Waals surface area contributed by atoms with Gasteiger partial charge >= 0.3 is 0 Å². The number of rotatable bonds is 5. The second kappa shape index (κ2) is 8.30. The summed E-state index contributed by atoms with van der Waals surface area (Å²) in [6.07, 6.45) is 3.83. The topological polar surface area (TPSA) is 45.2 Å². The summed E-state index contributed by atoms with van der Waals surface area (Å²) in [5.74, 6) is -0.0279. The van der Waals surface area contributed by atoms with Crippen LogP contribution in [-0.4, -0.2) is 41.5 Å². The number of benzene rings is 1. The van der Waals surface area contributed by atoms with Gasteiger partial charge in [0, 0.05) is 29.7 Å². The number of aromatic nitrogens is 1. The molecule has 0 aliphatic carbocycles. The maximum Gasteiger partial charge on any atom is 0.263 e. The van der Waals surface area contributed by atoms with Crippen molar-refractivity contribution in [3.05, 3.63) is 39.9 Å². The fourth-order valence-corrected chi connectivity index (χ4v) is 4.32. The molecule has 6 heteroatoms. The third-order valence-corrected chi connectivity index (χ3v) is 6.18. The van der Waals surface area contributed by atoms with Crippen LogP contribution in [0.5, 0.6) is 0 Å². The molecule has 2 heterocycles. The van der Waals surface area contributed by atoms with Crippen molar-refractivity contribution in [2.24, 2.45) is 0 Å². The highest BCUT2D eigenvalue weighted by atomic mass is 35.5. The highest BCUT2D eigenvalue weighted by molar-refractivity contribution is 7.17. The molecular formula is C19H24ClN3OS. The largest absolute Gasteiger partial charge is 0.350 e. The normalized spacial score (nSPS) is 18.3. The predicted octanol–water partition coefficient (Wildman–Crippen LogP) is 4.38. The van der Waals surface area contributed by atoms with Crippen molar-refractivity contribution >= 4 is 28.8 Å². The quantitative estimate of drug-likeness (QED) is 0.841. The number of nitrogens with zero attached hydrogens (tertiary/aromatic N) is 2. The summed E-state index contributed by atoms with van der Waals surface area (Å²) < 4.78 is 0. The van der Waals surface area contributed by atoms with Gasteiger partial charge in [-0.1, -0.05) is 30.2 Å². The number of piperidine rings is 1. The van der Waals surface area contributed by atoms with Crippen molar-refractivity contribution in [3.8, 4) is 10.6 Å². The van der Waals surface area contributed by atoms with Gasteiger partial charge in [-0.25, -0.2) is 4.98 Å². The van der Waals surface area contributed by atoms with E-state index in [-0.39, 0.29) is 5.91 Å². The first-order valence-corrected chi connectivity index (χ1v) is 9.99. The van der Waals surface area contributed by atoms with E-state index in [0.717, 1.165) is 29.4 Å². The molecule has 1 aromatic carbocycles. The molecule has 4 nitrogen and oxygen atoms in total. The van der Waals surface area contributed by atoms with Gasteiger partial charge in [0.2, 0.25) is 0 Å². The Bertz CT molecular complexity index is 729. The van der Waals surface area contributed by atoms with Gasteiger partial charge in [-0.3, -0.25) is 9.69 Å². The summed E-state index contributed by atoms with van der Waals surface area (Å²) in [7, 11) is 0. The van der Waals surface area contributed by atoms with Gasteiger partial charge in [-0.05, 0) is 45.4 Å². The molecule has 1 fully saturated rings. The lowest BCUT2D eigenvalue weighted by atomic mass is 10.0. The number of amides is 1. The van der Waals surface area contributed by atoms with Crippen LogP contribution >= 0.6 is 22.9 Å². The van der Waals surface area contributed by atoms with Crippen molar-refractivity contribution in [2.45, 2.75) is 39.2 Å². The van der Waals surface area contributed by atoms with Crippen LogP contribution < -0.4 is 5.32 Å². The predicted molar refractivity (Wildman–Crippen MR) is 105 cm³/mol. The first kappa shape index (κ1) is 18.4. The molecule has 25 heavy (non-hydrogen) atoms. The van der Waals surface area contributed by atoms with Crippen LogP contribution in [0.1, 0.15) is 41.6 Å². The van der Waals surface area contributed by atoms with E-state index in [1.807, 2.05) is 31.2 Å². The molecule has 1 atom stereocenters. The molecule has 0 radical (unpaired) electrons. The molecule has 3 rings (SSSR count). The summed E-state index contributed by atoms with van der Waals surface area (Å²) in [4.78, 5) is 20.2. The molecule has 1 aliphatic heterocycles. The molecule has 1 aliphatic rings. The molecule has 1 N–H and O–H groups in total. The standard InChI is InChI=1S/C19H24ClN3OS/c1-13-5-3-4-11-23(13)12-10-21-18(24)17-14(2)22-19(25-17)15-6-8-16(20)9-7-15/h6-9,13H,3-5,10-12H2,1-2H3,(H,21,24). The summed E-state index contributed by atoms with van der Waals surface area (Å²) in [6, 6.07) is 8.16. The summed E-state index contributed by atoms with van der Waals surface area (Å²) >= 11 is 7.37. The maximum atomic E-state index is 12.5. The number of likely N-dealkylation sites (tertiary alicyclic amines) is 1. The van der Waals surface area contributed by atoms with Gasteiger partial charge in [-0.15, -0.1) is 11.3 Å². The number of nitrogens with one attached hydrogen (secondary N) is 1. The van der Waals surface area contributed by atoms with E-state index in [4.69, 9.17) is 11.6 Å². The Morgan fingerprint density at radius 3 is 2.84 bits per heavy atom. The van der Waals surface area contributed by atoms with Crippen LogP contribution in [0, 0.1) is 6.92 Å². The van der Waals surface area contributed by atoms with Crippen LogP contribution in [0.3, 0.4) is 0 Å². The van der Waals surface area contributed by atoms with Gasteiger partial charge in [0.15, 0.2) is 0 Å². The number of hydrogen-bond donors (Lipinski definition) is 1. The SMILES string of the molecule is Cc1nc(-c2ccc(Cl)cc2)sc1C(=O)NCCN1CCCCC1C. The highest BCUT2D eigenvalue weighted by Crippen LogP contribution is 2.28. The molecule has 1 amide bonds. The van der Waals surface area contributed by atoms with Crippen molar-refractivity contribution in [3.63, 3.8) is 0 Å². The van der Waals surface area contributed by atoms with E-state index in [0.29, 0.717) is 22.5 Å². The van der Waals surface area contributed by atoms with E-state index >= 15 is 0 Å². The van der Waals surface area contributed by atoms with E-state index in [1.165, 1.54) is 30.6 Å². The van der Waals surface area contributed by atoms with E-state index in [9.17, 15) is 4.79 Å². The summed E-state index contributed by atoms with van der Waals surface area (Å²) in [5.41, 5.74) is 1.76. The average molecular weight is 378 g/mol. The molecule has 0 saturated carbocycles. The van der Waals surface area contributed by atoms with E-state index in [1.54, 1.807) is 0 Å². The van der Waals surface area contributed by atoms with Crippen LogP contribution in [0.4, 0.5) is 0 Å². The Kier molecular flexibility index (Phi) is 6.10. The van der Waals surface area contributed by atoms with Crippen LogP contribution in [0.15, 0.2) is 24.3 Å². The number of carbonyl (C=O) groups is 1. The fourth-order valence-electron chi connectivity index (χ4n) is 3.21. The number of aryl methyl sites for hydroxylation is 1. The van der Waals surface area contributed by atoms with Crippen molar-refractivity contribution in [1.29, 1.82) is 0 Å². The minimum atomic E-state index is -0.0279. The van der Waals surface area contributed by atoms with Gasteiger partial charge < -0.3 is 5.32 Å². The maximum absolute atomic E-state index is 12.5. The van der Waals surface area contributed by atoms with E-state index in [2.05, 4.69) is 22.1 Å². The van der Waals surface area contributed by atoms with Gasteiger partial charge in [0.25, 0.3) is 5.91 Å². The van der Waals surface area contributed by atoms with Crippen LogP contribution in [-0.2, 0) is 0 Å². The first-order chi connectivity index (χ1) is 12.0. The summed E-state index contributed by atoms with van der Waals surface area (Å²) in [6.45, 7) is 6.88. The Morgan fingerprint density at radius 1 is 1.36 bits per heavy atom. The lowest BCUT2D eigenvalue weighted by molar-refractivity contribution is 0.0941. The number of carbonyl (C=O) groups excluding carboxylic acids is 1. The molecule has 134 valence electrons. The van der Waals surface area contributed by atoms with Crippen molar-refractivity contribution in [2.75, 3.05) is 19.6 Å². The van der Waals surface area contributed by atoms with E-state index < -0.39 is 0 Å². The molecular weight excluding hydrogens is 354 g/mol. The average Bonchev–Trinajstić information content (AvgIpc) is 2.99. The van der Waals surface area contributed by atoms with Crippen LogP contribution in [0.2, 0.25) is 5.02 Å². The van der Waals surface area contributed by atoms with Crippen molar-refractivity contribution < 1.29 is 4.79 Å². The second-order valence-electron chi connectivity index (χ2n) is 6.58. The zero-order chi connectivity index (χ0) is 17.8. The monoisotopic (exact) mass is 377 g/mol. The van der Waals surface area contributed by atoms with Gasteiger partial charge in [0.1, 0.15) is 9.88 Å². The second-order valence-corrected chi connectivity index (χ2v) is 8.01. The molecule has 1 unspecified atom stereocenters. The Hall–Kier alpha value is -1.43. The first-order valence-electron chi connectivity index (χ1n) is 8.80. The number of thiazole rings is 1. The molecule has 0 spiro atoms. The minimum absolute atomic E-state index is 0.0279. The Morgan fingerprint density at radius 2 is 2.12 bits per heavy atom. The minimum Gasteiger partial charge on any atom is -0.350 e. The van der Waals surface area contributed by atoms with Crippen molar-refractivity contribution in [1.82, 2.24) is 15.2 Å². The van der Waals surface area contributed by atoms with Gasteiger partial charge in [0.05, 0.1) is 5.69 Å². The molecule has 1 aromatic heterocycles. The Balaban J connectivity index is 1.59. The summed E-state index contributed by atoms with van der Waals surface area (Å²) in [5, 5.41) is 4.60. The highest BCUT2D eigenvalue weighted by Gasteiger charge is 2.19. The van der Waals surface area contributed by atoms with Crippen LogP contribution in [0.25, 0.3) is 10.6 Å².